The van der Waals surface area contributed by atoms with Crippen LogP contribution in [0.5, 0.6) is 5.75 Å². The van der Waals surface area contributed by atoms with Crippen LogP contribution in [0.1, 0.15) is 32.6 Å². The Hall–Kier alpha value is -0.690. The van der Waals surface area contributed by atoms with Crippen molar-refractivity contribution in [3.05, 3.63) is 30.3 Å². The summed E-state index contributed by atoms with van der Waals surface area (Å²) in [6.07, 6.45) is 4.61. The molecule has 15 heavy (non-hydrogen) atoms. The first-order valence-corrected chi connectivity index (χ1v) is 6.04. The maximum atomic E-state index is 5.86. The molecule has 0 aromatic heterocycles. The van der Waals surface area contributed by atoms with Crippen molar-refractivity contribution in [3.63, 3.8) is 0 Å². The fraction of sp³-hybridized carbons (Fsp3) is 0.538. The van der Waals surface area contributed by atoms with Gasteiger partial charge in [0.15, 0.2) is 0 Å². The minimum atomic E-state index is 0.306. The molecular formula is C13H19ClO. The van der Waals surface area contributed by atoms with Crippen LogP contribution < -0.4 is 4.74 Å². The van der Waals surface area contributed by atoms with Crippen molar-refractivity contribution in [2.75, 3.05) is 6.61 Å². The van der Waals surface area contributed by atoms with Crippen LogP contribution in [0.4, 0.5) is 0 Å². The minimum absolute atomic E-state index is 0.306. The average Bonchev–Trinajstić information content (AvgIpc) is 2.24. The highest BCUT2D eigenvalue weighted by Gasteiger charge is 1.96. The van der Waals surface area contributed by atoms with Crippen LogP contribution in [-0.4, -0.2) is 12.0 Å². The lowest BCUT2D eigenvalue weighted by atomic mass is 10.1. The molecule has 0 saturated carbocycles. The van der Waals surface area contributed by atoms with Crippen molar-refractivity contribution in [1.82, 2.24) is 0 Å². The number of benzene rings is 1. The highest BCUT2D eigenvalue weighted by atomic mass is 35.5. The van der Waals surface area contributed by atoms with E-state index in [9.17, 15) is 0 Å². The average molecular weight is 227 g/mol. The number of ether oxygens (including phenoxy) is 1. The van der Waals surface area contributed by atoms with Gasteiger partial charge in [-0.3, -0.25) is 0 Å². The van der Waals surface area contributed by atoms with Crippen LogP contribution in [-0.2, 0) is 0 Å². The Morgan fingerprint density at radius 1 is 1.13 bits per heavy atom. The number of halogens is 1. The summed E-state index contributed by atoms with van der Waals surface area (Å²) in [7, 11) is 0. The van der Waals surface area contributed by atoms with Gasteiger partial charge in [0, 0.05) is 5.38 Å². The fourth-order valence-electron chi connectivity index (χ4n) is 1.41. The third-order valence-electron chi connectivity index (χ3n) is 2.26. The Bertz CT molecular complexity index is 246. The molecule has 0 spiro atoms. The van der Waals surface area contributed by atoms with Gasteiger partial charge in [0.05, 0.1) is 6.61 Å². The zero-order valence-corrected chi connectivity index (χ0v) is 10.0. The summed E-state index contributed by atoms with van der Waals surface area (Å²) in [4.78, 5) is 0. The van der Waals surface area contributed by atoms with E-state index in [1.807, 2.05) is 37.3 Å². The zero-order chi connectivity index (χ0) is 10.9. The Labute approximate surface area is 97.4 Å². The summed E-state index contributed by atoms with van der Waals surface area (Å²) < 4.78 is 5.58. The molecule has 0 amide bonds. The first-order valence-electron chi connectivity index (χ1n) is 5.61. The molecule has 0 saturated heterocycles. The predicted octanol–water partition coefficient (Wildman–Crippen LogP) is 4.25. The Kier molecular flexibility index (Phi) is 6.26. The number of unbranched alkanes of at least 4 members (excludes halogenated alkanes) is 2. The van der Waals surface area contributed by atoms with E-state index in [4.69, 9.17) is 16.3 Å². The predicted molar refractivity (Wildman–Crippen MR) is 65.7 cm³/mol. The van der Waals surface area contributed by atoms with Crippen molar-refractivity contribution < 1.29 is 4.74 Å². The number of para-hydroxylation sites is 1. The Balaban J connectivity index is 1.98. The van der Waals surface area contributed by atoms with Gasteiger partial charge < -0.3 is 4.74 Å². The smallest absolute Gasteiger partial charge is 0.119 e. The second-order valence-corrected chi connectivity index (χ2v) is 4.54. The Morgan fingerprint density at radius 2 is 1.87 bits per heavy atom. The molecule has 1 aromatic rings. The van der Waals surface area contributed by atoms with Gasteiger partial charge in [-0.25, -0.2) is 0 Å². The summed E-state index contributed by atoms with van der Waals surface area (Å²) in [6.45, 7) is 2.85. The first-order chi connectivity index (χ1) is 7.29. The summed E-state index contributed by atoms with van der Waals surface area (Å²) >= 11 is 5.86. The third-order valence-corrected chi connectivity index (χ3v) is 2.48. The van der Waals surface area contributed by atoms with Crippen molar-refractivity contribution >= 4 is 11.6 Å². The van der Waals surface area contributed by atoms with E-state index in [-0.39, 0.29) is 0 Å². The quantitative estimate of drug-likeness (QED) is 0.499. The molecule has 2 heteroatoms. The van der Waals surface area contributed by atoms with Gasteiger partial charge in [-0.05, 0) is 31.9 Å². The standard InChI is InChI=1S/C13H19ClO/c1-12(14)8-4-3-7-11-15-13-9-5-2-6-10-13/h2,5-6,9-10,12H,3-4,7-8,11H2,1H3. The molecule has 84 valence electrons. The van der Waals surface area contributed by atoms with Crippen molar-refractivity contribution in [3.8, 4) is 5.75 Å². The lowest BCUT2D eigenvalue weighted by Crippen LogP contribution is -1.98. The third kappa shape index (κ3) is 6.40. The van der Waals surface area contributed by atoms with Crippen LogP contribution in [0.2, 0.25) is 0 Å². The zero-order valence-electron chi connectivity index (χ0n) is 9.29. The fourth-order valence-corrected chi connectivity index (χ4v) is 1.57. The molecule has 0 aliphatic heterocycles. The maximum Gasteiger partial charge on any atom is 0.119 e. The normalized spacial score (nSPS) is 12.4. The molecular weight excluding hydrogens is 208 g/mol. The molecule has 0 bridgehead atoms. The lowest BCUT2D eigenvalue weighted by Gasteiger charge is -2.06. The van der Waals surface area contributed by atoms with E-state index >= 15 is 0 Å². The Morgan fingerprint density at radius 3 is 2.53 bits per heavy atom. The van der Waals surface area contributed by atoms with Gasteiger partial charge in [0.25, 0.3) is 0 Å². The van der Waals surface area contributed by atoms with E-state index < -0.39 is 0 Å². The molecule has 1 unspecified atom stereocenters. The molecule has 1 nitrogen and oxygen atoms in total. The molecule has 1 atom stereocenters. The summed E-state index contributed by atoms with van der Waals surface area (Å²) in [5.74, 6) is 0.961. The minimum Gasteiger partial charge on any atom is -0.494 e. The molecule has 0 radical (unpaired) electrons. The number of hydrogen-bond acceptors (Lipinski definition) is 1. The van der Waals surface area contributed by atoms with Crippen molar-refractivity contribution in [2.24, 2.45) is 0 Å². The molecule has 0 heterocycles. The summed E-state index contributed by atoms with van der Waals surface area (Å²) in [5, 5.41) is 0.306. The van der Waals surface area contributed by atoms with Gasteiger partial charge in [0.1, 0.15) is 5.75 Å². The lowest BCUT2D eigenvalue weighted by molar-refractivity contribution is 0.304. The monoisotopic (exact) mass is 226 g/mol. The van der Waals surface area contributed by atoms with Gasteiger partial charge in [-0.15, -0.1) is 11.6 Å². The van der Waals surface area contributed by atoms with Crippen LogP contribution >= 0.6 is 11.6 Å². The maximum absolute atomic E-state index is 5.86. The van der Waals surface area contributed by atoms with E-state index in [2.05, 4.69) is 0 Å². The van der Waals surface area contributed by atoms with Gasteiger partial charge in [-0.1, -0.05) is 31.0 Å². The van der Waals surface area contributed by atoms with Gasteiger partial charge in [0.2, 0.25) is 0 Å². The molecule has 0 N–H and O–H groups in total. The van der Waals surface area contributed by atoms with Crippen molar-refractivity contribution in [2.45, 2.75) is 38.0 Å². The topological polar surface area (TPSA) is 9.23 Å². The highest BCUT2D eigenvalue weighted by molar-refractivity contribution is 6.20. The number of alkyl halides is 1. The first kappa shape index (κ1) is 12.4. The second kappa shape index (κ2) is 7.58. The summed E-state index contributed by atoms with van der Waals surface area (Å²) in [5.41, 5.74) is 0. The number of hydrogen-bond donors (Lipinski definition) is 0. The SMILES string of the molecule is CC(Cl)CCCCCOc1ccccc1. The molecule has 1 aromatic carbocycles. The van der Waals surface area contributed by atoms with Gasteiger partial charge >= 0.3 is 0 Å². The van der Waals surface area contributed by atoms with Crippen LogP contribution in [0.3, 0.4) is 0 Å². The van der Waals surface area contributed by atoms with Gasteiger partial charge in [-0.2, -0.15) is 0 Å². The van der Waals surface area contributed by atoms with Crippen LogP contribution in [0.15, 0.2) is 30.3 Å². The van der Waals surface area contributed by atoms with E-state index in [1.54, 1.807) is 0 Å². The molecule has 0 aliphatic carbocycles. The van der Waals surface area contributed by atoms with E-state index in [0.29, 0.717) is 5.38 Å². The summed E-state index contributed by atoms with van der Waals surface area (Å²) in [6, 6.07) is 9.95. The van der Waals surface area contributed by atoms with Crippen LogP contribution in [0, 0.1) is 0 Å². The largest absolute Gasteiger partial charge is 0.494 e. The van der Waals surface area contributed by atoms with Crippen molar-refractivity contribution in [1.29, 1.82) is 0 Å². The second-order valence-electron chi connectivity index (χ2n) is 3.79. The van der Waals surface area contributed by atoms with E-state index in [1.165, 1.54) is 12.8 Å². The molecule has 0 fully saturated rings. The molecule has 1 rings (SSSR count). The van der Waals surface area contributed by atoms with Crippen LogP contribution in [0.25, 0.3) is 0 Å². The van der Waals surface area contributed by atoms with E-state index in [0.717, 1.165) is 25.2 Å². The highest BCUT2D eigenvalue weighted by Crippen LogP contribution is 2.11. The number of rotatable bonds is 7. The molecule has 0 aliphatic rings.